The molecular weight excluding hydrogens is 176 g/mol. The molecule has 1 aliphatic heterocycles. The number of nitrogens with zero attached hydrogens (tertiary/aromatic N) is 3. The minimum Gasteiger partial charge on any atom is -0.317 e. The molecule has 1 aromatic heterocycles. The van der Waals surface area contributed by atoms with E-state index in [2.05, 4.69) is 15.3 Å². The van der Waals surface area contributed by atoms with Crippen molar-refractivity contribution in [1.29, 1.82) is 5.26 Å². The van der Waals surface area contributed by atoms with Crippen molar-refractivity contribution in [3.63, 3.8) is 0 Å². The SMILES string of the molecule is N#Cc1cnc(C2CCNCC2)nc1. The third kappa shape index (κ3) is 1.88. The molecule has 0 aliphatic carbocycles. The molecule has 0 radical (unpaired) electrons. The summed E-state index contributed by atoms with van der Waals surface area (Å²) in [5.41, 5.74) is 0.530. The van der Waals surface area contributed by atoms with Crippen LogP contribution in [0, 0.1) is 11.3 Å². The molecule has 1 saturated heterocycles. The maximum absolute atomic E-state index is 8.60. The van der Waals surface area contributed by atoms with Gasteiger partial charge in [0.15, 0.2) is 0 Å². The maximum Gasteiger partial charge on any atom is 0.131 e. The van der Waals surface area contributed by atoms with Crippen molar-refractivity contribution in [2.45, 2.75) is 18.8 Å². The van der Waals surface area contributed by atoms with E-state index in [1.54, 1.807) is 12.4 Å². The Morgan fingerprint density at radius 2 is 1.93 bits per heavy atom. The van der Waals surface area contributed by atoms with Crippen LogP contribution in [-0.4, -0.2) is 23.1 Å². The van der Waals surface area contributed by atoms with E-state index >= 15 is 0 Å². The highest BCUT2D eigenvalue weighted by atomic mass is 14.9. The van der Waals surface area contributed by atoms with E-state index in [1.807, 2.05) is 6.07 Å². The van der Waals surface area contributed by atoms with Crippen LogP contribution in [0.2, 0.25) is 0 Å². The predicted octanol–water partition coefficient (Wildman–Crippen LogP) is 0.815. The molecule has 0 spiro atoms. The van der Waals surface area contributed by atoms with Crippen LogP contribution in [0.5, 0.6) is 0 Å². The molecule has 1 aliphatic rings. The lowest BCUT2D eigenvalue weighted by molar-refractivity contribution is 0.445. The first-order valence-electron chi connectivity index (χ1n) is 4.83. The molecule has 4 heteroatoms. The second-order valence-electron chi connectivity index (χ2n) is 3.47. The highest BCUT2D eigenvalue weighted by Crippen LogP contribution is 2.21. The van der Waals surface area contributed by atoms with Gasteiger partial charge in [0, 0.05) is 18.3 Å². The number of hydrogen-bond acceptors (Lipinski definition) is 4. The van der Waals surface area contributed by atoms with Crippen LogP contribution >= 0.6 is 0 Å². The van der Waals surface area contributed by atoms with Gasteiger partial charge in [-0.25, -0.2) is 9.97 Å². The summed E-state index contributed by atoms with van der Waals surface area (Å²) in [5, 5.41) is 11.9. The Labute approximate surface area is 83.0 Å². The maximum atomic E-state index is 8.60. The highest BCUT2D eigenvalue weighted by Gasteiger charge is 2.17. The third-order valence-electron chi connectivity index (χ3n) is 2.51. The van der Waals surface area contributed by atoms with Gasteiger partial charge in [0.2, 0.25) is 0 Å². The third-order valence-corrected chi connectivity index (χ3v) is 2.51. The van der Waals surface area contributed by atoms with E-state index in [9.17, 15) is 0 Å². The van der Waals surface area contributed by atoms with Crippen molar-refractivity contribution < 1.29 is 0 Å². The number of nitrogens with one attached hydrogen (secondary N) is 1. The minimum absolute atomic E-state index is 0.462. The topological polar surface area (TPSA) is 61.6 Å². The molecular formula is C10H12N4. The summed E-state index contributed by atoms with van der Waals surface area (Å²) in [6.45, 7) is 2.07. The monoisotopic (exact) mass is 188 g/mol. The van der Waals surface area contributed by atoms with Crippen LogP contribution < -0.4 is 5.32 Å². The van der Waals surface area contributed by atoms with Crippen LogP contribution in [0.1, 0.15) is 30.1 Å². The minimum atomic E-state index is 0.462. The normalized spacial score (nSPS) is 17.6. The van der Waals surface area contributed by atoms with Gasteiger partial charge < -0.3 is 5.32 Å². The summed E-state index contributed by atoms with van der Waals surface area (Å²) in [4.78, 5) is 8.42. The smallest absolute Gasteiger partial charge is 0.131 e. The van der Waals surface area contributed by atoms with Crippen LogP contribution in [0.3, 0.4) is 0 Å². The molecule has 0 atom stereocenters. The second kappa shape index (κ2) is 4.16. The molecule has 0 amide bonds. The standard InChI is InChI=1S/C10H12N4/c11-5-8-6-13-10(14-7-8)9-1-3-12-4-2-9/h6-7,9,12H,1-4H2. The summed E-state index contributed by atoms with van der Waals surface area (Å²) < 4.78 is 0. The Morgan fingerprint density at radius 1 is 1.29 bits per heavy atom. The fourth-order valence-corrected chi connectivity index (χ4v) is 1.69. The Hall–Kier alpha value is -1.47. The van der Waals surface area contributed by atoms with Crippen molar-refractivity contribution in [3.05, 3.63) is 23.8 Å². The van der Waals surface area contributed by atoms with Crippen LogP contribution in [0.15, 0.2) is 12.4 Å². The average molecular weight is 188 g/mol. The summed E-state index contributed by atoms with van der Waals surface area (Å²) in [5.74, 6) is 1.34. The highest BCUT2D eigenvalue weighted by molar-refractivity contribution is 5.22. The lowest BCUT2D eigenvalue weighted by Crippen LogP contribution is -2.27. The van der Waals surface area contributed by atoms with E-state index in [-0.39, 0.29) is 0 Å². The molecule has 2 heterocycles. The Balaban J connectivity index is 2.12. The first-order valence-corrected chi connectivity index (χ1v) is 4.83. The Bertz CT molecular complexity index is 332. The molecule has 14 heavy (non-hydrogen) atoms. The molecule has 72 valence electrons. The number of rotatable bonds is 1. The number of aromatic nitrogens is 2. The number of hydrogen-bond donors (Lipinski definition) is 1. The molecule has 0 aromatic carbocycles. The fraction of sp³-hybridized carbons (Fsp3) is 0.500. The quantitative estimate of drug-likeness (QED) is 0.708. The molecule has 4 nitrogen and oxygen atoms in total. The van der Waals surface area contributed by atoms with E-state index in [0.29, 0.717) is 11.5 Å². The van der Waals surface area contributed by atoms with Gasteiger partial charge in [-0.15, -0.1) is 0 Å². The fourth-order valence-electron chi connectivity index (χ4n) is 1.69. The predicted molar refractivity (Wildman–Crippen MR) is 51.6 cm³/mol. The van der Waals surface area contributed by atoms with Gasteiger partial charge in [0.05, 0.1) is 5.56 Å². The van der Waals surface area contributed by atoms with E-state index in [4.69, 9.17) is 5.26 Å². The average Bonchev–Trinajstić information content (AvgIpc) is 2.30. The molecule has 0 bridgehead atoms. The first kappa shape index (κ1) is 9.10. The van der Waals surface area contributed by atoms with E-state index < -0.39 is 0 Å². The van der Waals surface area contributed by atoms with Gasteiger partial charge >= 0.3 is 0 Å². The van der Waals surface area contributed by atoms with E-state index in [1.165, 1.54) is 0 Å². The second-order valence-corrected chi connectivity index (χ2v) is 3.47. The van der Waals surface area contributed by atoms with Crippen molar-refractivity contribution in [2.75, 3.05) is 13.1 Å². The zero-order valence-corrected chi connectivity index (χ0v) is 7.90. The molecule has 1 N–H and O–H groups in total. The van der Waals surface area contributed by atoms with Crippen LogP contribution in [0.25, 0.3) is 0 Å². The largest absolute Gasteiger partial charge is 0.317 e. The summed E-state index contributed by atoms with van der Waals surface area (Å²) in [6, 6.07) is 2.02. The van der Waals surface area contributed by atoms with Gasteiger partial charge in [0.25, 0.3) is 0 Å². The van der Waals surface area contributed by atoms with Gasteiger partial charge in [-0.1, -0.05) is 0 Å². The lowest BCUT2D eigenvalue weighted by Gasteiger charge is -2.20. The summed E-state index contributed by atoms with van der Waals surface area (Å²) in [7, 11) is 0. The number of piperidine rings is 1. The summed E-state index contributed by atoms with van der Waals surface area (Å²) in [6.07, 6.45) is 5.38. The van der Waals surface area contributed by atoms with Crippen molar-refractivity contribution in [3.8, 4) is 6.07 Å². The number of nitriles is 1. The zero-order chi connectivity index (χ0) is 9.80. The lowest BCUT2D eigenvalue weighted by atomic mass is 9.97. The van der Waals surface area contributed by atoms with Crippen LogP contribution in [0.4, 0.5) is 0 Å². The van der Waals surface area contributed by atoms with Gasteiger partial charge in [0.1, 0.15) is 11.9 Å². The first-order chi connectivity index (χ1) is 6.90. The Morgan fingerprint density at radius 3 is 2.50 bits per heavy atom. The van der Waals surface area contributed by atoms with Crippen molar-refractivity contribution in [1.82, 2.24) is 15.3 Å². The van der Waals surface area contributed by atoms with Crippen molar-refractivity contribution in [2.24, 2.45) is 0 Å². The molecule has 0 saturated carbocycles. The molecule has 0 unspecified atom stereocenters. The molecule has 1 fully saturated rings. The van der Waals surface area contributed by atoms with E-state index in [0.717, 1.165) is 31.8 Å². The van der Waals surface area contributed by atoms with Crippen LogP contribution in [-0.2, 0) is 0 Å². The van der Waals surface area contributed by atoms with Gasteiger partial charge in [-0.2, -0.15) is 5.26 Å². The van der Waals surface area contributed by atoms with Gasteiger partial charge in [-0.05, 0) is 25.9 Å². The summed E-state index contributed by atoms with van der Waals surface area (Å²) >= 11 is 0. The van der Waals surface area contributed by atoms with Crippen molar-refractivity contribution >= 4 is 0 Å². The molecule has 1 aromatic rings. The molecule has 2 rings (SSSR count). The zero-order valence-electron chi connectivity index (χ0n) is 7.90. The van der Waals surface area contributed by atoms with Gasteiger partial charge in [-0.3, -0.25) is 0 Å². The Kier molecular flexibility index (Phi) is 2.70.